The summed E-state index contributed by atoms with van der Waals surface area (Å²) in [7, 11) is 1.71. The Kier molecular flexibility index (Phi) is 4.04. The number of aryl methyl sites for hydroxylation is 1. The predicted molar refractivity (Wildman–Crippen MR) is 71.5 cm³/mol. The second kappa shape index (κ2) is 5.61. The first-order valence-electron chi connectivity index (χ1n) is 6.24. The van der Waals surface area contributed by atoms with Crippen LogP contribution in [0.4, 0.5) is 8.78 Å². The normalized spacial score (nSPS) is 13.8. The quantitative estimate of drug-likeness (QED) is 0.894. The lowest BCUT2D eigenvalue weighted by Crippen LogP contribution is -2.38. The van der Waals surface area contributed by atoms with E-state index < -0.39 is 23.1 Å². The Morgan fingerprint density at radius 3 is 2.71 bits per heavy atom. The van der Waals surface area contributed by atoms with Gasteiger partial charge in [-0.25, -0.2) is 8.78 Å². The zero-order valence-electron chi connectivity index (χ0n) is 11.6. The van der Waals surface area contributed by atoms with Crippen LogP contribution in [0.15, 0.2) is 30.6 Å². The van der Waals surface area contributed by atoms with E-state index in [1.54, 1.807) is 13.2 Å². The monoisotopic (exact) mass is 295 g/mol. The predicted octanol–water partition coefficient (Wildman–Crippen LogP) is 1.34. The van der Waals surface area contributed by atoms with E-state index in [4.69, 9.17) is 0 Å². The molecule has 0 aliphatic heterocycles. The van der Waals surface area contributed by atoms with E-state index in [9.17, 15) is 18.7 Å². The van der Waals surface area contributed by atoms with Gasteiger partial charge in [0.2, 0.25) is 0 Å². The van der Waals surface area contributed by atoms with Gasteiger partial charge in [-0.2, -0.15) is 5.10 Å². The highest BCUT2D eigenvalue weighted by atomic mass is 19.2. The van der Waals surface area contributed by atoms with Crippen LogP contribution in [0.25, 0.3) is 0 Å². The maximum atomic E-state index is 13.1. The van der Waals surface area contributed by atoms with Crippen molar-refractivity contribution in [2.75, 3.05) is 6.54 Å². The van der Waals surface area contributed by atoms with Gasteiger partial charge >= 0.3 is 0 Å². The van der Waals surface area contributed by atoms with Gasteiger partial charge < -0.3 is 10.4 Å². The average Bonchev–Trinajstić information content (AvgIpc) is 2.87. The van der Waals surface area contributed by atoms with Gasteiger partial charge in [0.25, 0.3) is 5.91 Å². The lowest BCUT2D eigenvalue weighted by atomic mass is 9.99. The largest absolute Gasteiger partial charge is 0.383 e. The minimum Gasteiger partial charge on any atom is -0.383 e. The summed E-state index contributed by atoms with van der Waals surface area (Å²) < 4.78 is 27.4. The van der Waals surface area contributed by atoms with Gasteiger partial charge in [0, 0.05) is 24.4 Å². The molecule has 0 saturated heterocycles. The molecule has 0 unspecified atom stereocenters. The maximum Gasteiger partial charge on any atom is 0.251 e. The minimum absolute atomic E-state index is 0.0177. The summed E-state index contributed by atoms with van der Waals surface area (Å²) in [4.78, 5) is 11.9. The zero-order valence-corrected chi connectivity index (χ0v) is 11.6. The van der Waals surface area contributed by atoms with Gasteiger partial charge in [-0.05, 0) is 25.1 Å². The molecule has 2 N–H and O–H groups in total. The Balaban J connectivity index is 2.04. The highest BCUT2D eigenvalue weighted by Gasteiger charge is 2.25. The molecule has 1 aromatic carbocycles. The van der Waals surface area contributed by atoms with Gasteiger partial charge in [-0.15, -0.1) is 0 Å². The van der Waals surface area contributed by atoms with Crippen molar-refractivity contribution in [1.29, 1.82) is 0 Å². The molecule has 2 aromatic rings. The van der Waals surface area contributed by atoms with Gasteiger partial charge in [-0.1, -0.05) is 0 Å². The highest BCUT2D eigenvalue weighted by molar-refractivity contribution is 5.94. The Bertz CT molecular complexity index is 668. The van der Waals surface area contributed by atoms with Crippen LogP contribution in [0.5, 0.6) is 0 Å². The van der Waals surface area contributed by atoms with Crippen LogP contribution in [-0.4, -0.2) is 27.3 Å². The number of halogens is 2. The molecule has 1 heterocycles. The maximum absolute atomic E-state index is 13.1. The molecule has 0 fully saturated rings. The molecule has 112 valence electrons. The molecule has 0 bridgehead atoms. The molecule has 0 spiro atoms. The molecular weight excluding hydrogens is 280 g/mol. The zero-order chi connectivity index (χ0) is 15.6. The summed E-state index contributed by atoms with van der Waals surface area (Å²) in [5, 5.41) is 16.7. The molecule has 5 nitrogen and oxygen atoms in total. The lowest BCUT2D eigenvalue weighted by molar-refractivity contribution is 0.0525. The molecule has 1 aromatic heterocycles. The van der Waals surface area contributed by atoms with Crippen LogP contribution in [0.3, 0.4) is 0 Å². The first kappa shape index (κ1) is 15.1. The number of aliphatic hydroxyl groups is 1. The average molecular weight is 295 g/mol. The Morgan fingerprint density at radius 1 is 1.43 bits per heavy atom. The fourth-order valence-electron chi connectivity index (χ4n) is 1.79. The minimum atomic E-state index is -1.32. The first-order chi connectivity index (χ1) is 9.79. The van der Waals surface area contributed by atoms with E-state index in [0.29, 0.717) is 5.56 Å². The lowest BCUT2D eigenvalue weighted by Gasteiger charge is -2.22. The number of hydrogen-bond acceptors (Lipinski definition) is 3. The SMILES string of the molecule is Cn1cc([C@](C)(O)CNC(=O)c2ccc(F)c(F)c2)cn1. The number of amides is 1. The number of aromatic nitrogens is 2. The Morgan fingerprint density at radius 2 is 2.14 bits per heavy atom. The van der Waals surface area contributed by atoms with E-state index in [-0.39, 0.29) is 12.1 Å². The van der Waals surface area contributed by atoms with Gasteiger partial charge in [0.1, 0.15) is 5.60 Å². The van der Waals surface area contributed by atoms with Crippen LogP contribution in [0.2, 0.25) is 0 Å². The second-order valence-corrected chi connectivity index (χ2v) is 4.99. The fourth-order valence-corrected chi connectivity index (χ4v) is 1.79. The van der Waals surface area contributed by atoms with Gasteiger partial charge in [-0.3, -0.25) is 9.48 Å². The standard InChI is InChI=1S/C14H15F2N3O2/c1-14(21,10-6-18-19(2)7-10)8-17-13(20)9-3-4-11(15)12(16)5-9/h3-7,21H,8H2,1-2H3,(H,17,20)/t14-/m1/s1. The summed E-state index contributed by atoms with van der Waals surface area (Å²) in [5.41, 5.74) is -0.797. The van der Waals surface area contributed by atoms with Crippen LogP contribution in [0.1, 0.15) is 22.8 Å². The van der Waals surface area contributed by atoms with Crippen molar-refractivity contribution >= 4 is 5.91 Å². The molecule has 0 saturated carbocycles. The molecule has 1 amide bonds. The smallest absolute Gasteiger partial charge is 0.251 e. The van der Waals surface area contributed by atoms with Gasteiger partial charge in [0.15, 0.2) is 11.6 Å². The topological polar surface area (TPSA) is 67.2 Å². The van der Waals surface area contributed by atoms with E-state index in [1.165, 1.54) is 23.9 Å². The summed E-state index contributed by atoms with van der Waals surface area (Å²) in [6, 6.07) is 2.86. The molecule has 0 aliphatic rings. The number of benzene rings is 1. The van der Waals surface area contributed by atoms with Crippen molar-refractivity contribution in [1.82, 2.24) is 15.1 Å². The number of carbonyl (C=O) groups excluding carboxylic acids is 1. The first-order valence-corrected chi connectivity index (χ1v) is 6.24. The molecule has 0 aliphatic carbocycles. The number of carbonyl (C=O) groups is 1. The third-order valence-electron chi connectivity index (χ3n) is 3.10. The number of nitrogens with zero attached hydrogens (tertiary/aromatic N) is 2. The van der Waals surface area contributed by atoms with E-state index in [2.05, 4.69) is 10.4 Å². The Hall–Kier alpha value is -2.28. The molecule has 21 heavy (non-hydrogen) atoms. The summed E-state index contributed by atoms with van der Waals surface area (Å²) in [6.07, 6.45) is 3.12. The third-order valence-corrected chi connectivity index (χ3v) is 3.10. The molecule has 2 rings (SSSR count). The third kappa shape index (κ3) is 3.43. The Labute approximate surface area is 120 Å². The summed E-state index contributed by atoms with van der Waals surface area (Å²) >= 11 is 0. The van der Waals surface area contributed by atoms with Crippen molar-refractivity contribution in [2.45, 2.75) is 12.5 Å². The van der Waals surface area contributed by atoms with Crippen LogP contribution >= 0.6 is 0 Å². The molecule has 0 radical (unpaired) electrons. The van der Waals surface area contributed by atoms with Crippen LogP contribution in [0, 0.1) is 11.6 Å². The van der Waals surface area contributed by atoms with E-state index in [1.807, 2.05) is 0 Å². The summed E-state index contributed by atoms with van der Waals surface area (Å²) in [6.45, 7) is 1.44. The van der Waals surface area contributed by atoms with Crippen molar-refractivity contribution < 1.29 is 18.7 Å². The fraction of sp³-hybridized carbons (Fsp3) is 0.286. The van der Waals surface area contributed by atoms with Crippen molar-refractivity contribution in [2.24, 2.45) is 7.05 Å². The van der Waals surface area contributed by atoms with Gasteiger partial charge in [0.05, 0.1) is 12.7 Å². The van der Waals surface area contributed by atoms with E-state index in [0.717, 1.165) is 12.1 Å². The second-order valence-electron chi connectivity index (χ2n) is 4.99. The number of hydrogen-bond donors (Lipinski definition) is 2. The molecule has 7 heteroatoms. The molecular formula is C14H15F2N3O2. The van der Waals surface area contributed by atoms with Crippen molar-refractivity contribution in [3.63, 3.8) is 0 Å². The number of nitrogens with one attached hydrogen (secondary N) is 1. The summed E-state index contributed by atoms with van der Waals surface area (Å²) in [5.74, 6) is -2.71. The van der Waals surface area contributed by atoms with E-state index >= 15 is 0 Å². The van der Waals surface area contributed by atoms with Crippen molar-refractivity contribution in [3.8, 4) is 0 Å². The van der Waals surface area contributed by atoms with Crippen molar-refractivity contribution in [3.05, 3.63) is 53.4 Å². The molecule has 1 atom stereocenters. The van der Waals surface area contributed by atoms with Crippen LogP contribution < -0.4 is 5.32 Å². The van der Waals surface area contributed by atoms with Crippen LogP contribution in [-0.2, 0) is 12.6 Å². The number of rotatable bonds is 4. The highest BCUT2D eigenvalue weighted by Crippen LogP contribution is 2.18.